The minimum Gasteiger partial charge on any atom is -0.480 e. The van der Waals surface area contributed by atoms with Gasteiger partial charge in [-0.1, -0.05) is 26.0 Å². The van der Waals surface area contributed by atoms with Gasteiger partial charge in [-0.05, 0) is 46.0 Å². The molecule has 1 aromatic heterocycles. The number of rotatable bonds is 6. The molecule has 0 fully saturated rings. The highest BCUT2D eigenvalue weighted by Crippen LogP contribution is 2.24. The van der Waals surface area contributed by atoms with E-state index in [-0.39, 0.29) is 0 Å². The molecule has 0 aliphatic rings. The van der Waals surface area contributed by atoms with Crippen molar-refractivity contribution in [3.63, 3.8) is 0 Å². The zero-order valence-corrected chi connectivity index (χ0v) is 13.7. The number of aromatic nitrogens is 1. The number of fused-ring (bicyclic) bond motifs is 1. The number of para-hydroxylation sites is 1. The van der Waals surface area contributed by atoms with Crippen LogP contribution in [0.2, 0.25) is 0 Å². The Morgan fingerprint density at radius 3 is 2.81 bits per heavy atom. The van der Waals surface area contributed by atoms with E-state index in [1.54, 1.807) is 6.20 Å². The number of carbonyl (C=O) groups is 1. The first-order valence-corrected chi connectivity index (χ1v) is 7.76. The fraction of sp³-hybridized carbons (Fsp3) is 0.375. The number of halogens is 1. The molecule has 4 nitrogen and oxygen atoms in total. The van der Waals surface area contributed by atoms with Gasteiger partial charge in [-0.2, -0.15) is 0 Å². The molecular formula is C16H19BrN2O2. The van der Waals surface area contributed by atoms with E-state index < -0.39 is 12.0 Å². The first-order valence-electron chi connectivity index (χ1n) is 6.97. The Labute approximate surface area is 132 Å². The van der Waals surface area contributed by atoms with Crippen molar-refractivity contribution in [2.24, 2.45) is 5.92 Å². The molecule has 0 amide bonds. The molecular weight excluding hydrogens is 332 g/mol. The maximum absolute atomic E-state index is 11.3. The molecule has 2 N–H and O–H groups in total. The molecule has 0 saturated heterocycles. The molecule has 0 bridgehead atoms. The average Bonchev–Trinajstić information content (AvgIpc) is 2.43. The molecule has 1 atom stereocenters. The van der Waals surface area contributed by atoms with Gasteiger partial charge < -0.3 is 10.4 Å². The van der Waals surface area contributed by atoms with Crippen LogP contribution in [0.3, 0.4) is 0 Å². The zero-order chi connectivity index (χ0) is 15.4. The molecule has 2 rings (SSSR count). The van der Waals surface area contributed by atoms with Crippen LogP contribution in [0.25, 0.3) is 10.9 Å². The first-order chi connectivity index (χ1) is 9.99. The van der Waals surface area contributed by atoms with Gasteiger partial charge in [0.15, 0.2) is 0 Å². The minimum absolute atomic E-state index is 0.335. The third-order valence-electron chi connectivity index (χ3n) is 3.36. The number of hydrogen-bond donors (Lipinski definition) is 2. The van der Waals surface area contributed by atoms with Crippen LogP contribution >= 0.6 is 15.9 Å². The molecule has 1 heterocycles. The topological polar surface area (TPSA) is 62.2 Å². The summed E-state index contributed by atoms with van der Waals surface area (Å²) in [4.78, 5) is 15.7. The Morgan fingerprint density at radius 1 is 1.38 bits per heavy atom. The second-order valence-electron chi connectivity index (χ2n) is 5.51. The monoisotopic (exact) mass is 350 g/mol. The Kier molecular flexibility index (Phi) is 5.31. The van der Waals surface area contributed by atoms with Crippen molar-refractivity contribution in [2.45, 2.75) is 32.9 Å². The quantitative estimate of drug-likeness (QED) is 0.835. The van der Waals surface area contributed by atoms with Gasteiger partial charge in [-0.25, -0.2) is 0 Å². The second kappa shape index (κ2) is 7.00. The van der Waals surface area contributed by atoms with Gasteiger partial charge in [0.25, 0.3) is 0 Å². The fourth-order valence-corrected chi connectivity index (χ4v) is 2.80. The van der Waals surface area contributed by atoms with Crippen molar-refractivity contribution in [1.29, 1.82) is 0 Å². The maximum atomic E-state index is 11.3. The van der Waals surface area contributed by atoms with E-state index in [4.69, 9.17) is 0 Å². The standard InChI is InChI=1S/C16H19BrN2O2/c1-10(2)8-14(16(20)21)19-9-11-6-7-18-15-12(11)4-3-5-13(15)17/h3-7,10,14,19H,8-9H2,1-2H3,(H,20,21)/t14-/m0/s1. The van der Waals surface area contributed by atoms with Gasteiger partial charge in [0.1, 0.15) is 6.04 Å². The van der Waals surface area contributed by atoms with Crippen molar-refractivity contribution in [3.05, 3.63) is 40.5 Å². The summed E-state index contributed by atoms with van der Waals surface area (Å²) in [6.45, 7) is 4.56. The fourth-order valence-electron chi connectivity index (χ4n) is 2.33. The first kappa shape index (κ1) is 15.9. The van der Waals surface area contributed by atoms with E-state index >= 15 is 0 Å². The smallest absolute Gasteiger partial charge is 0.320 e. The summed E-state index contributed by atoms with van der Waals surface area (Å²) < 4.78 is 0.943. The van der Waals surface area contributed by atoms with E-state index in [2.05, 4.69) is 26.2 Å². The number of carboxylic acids is 1. The van der Waals surface area contributed by atoms with E-state index in [1.165, 1.54) is 0 Å². The Balaban J connectivity index is 2.20. The summed E-state index contributed by atoms with van der Waals surface area (Å²) in [5.74, 6) is -0.467. The number of pyridine rings is 1. The highest BCUT2D eigenvalue weighted by atomic mass is 79.9. The Bertz CT molecular complexity index is 643. The molecule has 0 aliphatic heterocycles. The van der Waals surface area contributed by atoms with Crippen LogP contribution in [0.1, 0.15) is 25.8 Å². The van der Waals surface area contributed by atoms with Gasteiger partial charge in [-0.15, -0.1) is 0 Å². The van der Waals surface area contributed by atoms with Crippen LogP contribution < -0.4 is 5.32 Å². The largest absolute Gasteiger partial charge is 0.480 e. The number of nitrogens with zero attached hydrogens (tertiary/aromatic N) is 1. The van der Waals surface area contributed by atoms with Crippen molar-refractivity contribution in [1.82, 2.24) is 10.3 Å². The number of hydrogen-bond acceptors (Lipinski definition) is 3. The normalized spacial score (nSPS) is 12.8. The summed E-state index contributed by atoms with van der Waals surface area (Å²) in [7, 11) is 0. The zero-order valence-electron chi connectivity index (χ0n) is 12.1. The lowest BCUT2D eigenvalue weighted by atomic mass is 10.0. The molecule has 21 heavy (non-hydrogen) atoms. The number of aliphatic carboxylic acids is 1. The Morgan fingerprint density at radius 2 is 2.14 bits per heavy atom. The highest BCUT2D eigenvalue weighted by molar-refractivity contribution is 9.10. The number of nitrogens with one attached hydrogen (secondary N) is 1. The van der Waals surface area contributed by atoms with Crippen molar-refractivity contribution in [3.8, 4) is 0 Å². The van der Waals surface area contributed by atoms with Crippen molar-refractivity contribution in [2.75, 3.05) is 0 Å². The third kappa shape index (κ3) is 4.02. The molecule has 0 spiro atoms. The van der Waals surface area contributed by atoms with E-state index in [1.807, 2.05) is 38.1 Å². The van der Waals surface area contributed by atoms with Gasteiger partial charge in [0.2, 0.25) is 0 Å². The number of carboxylic acid groups (broad SMARTS) is 1. The number of benzene rings is 1. The summed E-state index contributed by atoms with van der Waals surface area (Å²) in [6.07, 6.45) is 2.37. The molecule has 1 aromatic carbocycles. The van der Waals surface area contributed by atoms with Crippen molar-refractivity contribution < 1.29 is 9.90 Å². The van der Waals surface area contributed by atoms with E-state index in [0.29, 0.717) is 18.9 Å². The highest BCUT2D eigenvalue weighted by Gasteiger charge is 2.18. The van der Waals surface area contributed by atoms with Crippen LogP contribution in [-0.4, -0.2) is 22.1 Å². The second-order valence-corrected chi connectivity index (χ2v) is 6.36. The van der Waals surface area contributed by atoms with Gasteiger partial charge in [-0.3, -0.25) is 9.78 Å². The van der Waals surface area contributed by atoms with Gasteiger partial charge >= 0.3 is 5.97 Å². The van der Waals surface area contributed by atoms with Crippen LogP contribution in [-0.2, 0) is 11.3 Å². The molecule has 0 saturated carbocycles. The predicted octanol–water partition coefficient (Wildman–Crippen LogP) is 3.59. The van der Waals surface area contributed by atoms with Gasteiger partial charge in [0, 0.05) is 22.6 Å². The molecule has 5 heteroatoms. The SMILES string of the molecule is CC(C)C[C@H](NCc1ccnc2c(Br)cccc12)C(=O)O. The average molecular weight is 351 g/mol. The van der Waals surface area contributed by atoms with Crippen LogP contribution in [0.5, 0.6) is 0 Å². The van der Waals surface area contributed by atoms with Gasteiger partial charge in [0.05, 0.1) is 5.52 Å². The van der Waals surface area contributed by atoms with Crippen LogP contribution in [0.4, 0.5) is 0 Å². The lowest BCUT2D eigenvalue weighted by Gasteiger charge is -2.17. The molecule has 112 valence electrons. The van der Waals surface area contributed by atoms with E-state index in [9.17, 15) is 9.90 Å². The van der Waals surface area contributed by atoms with Crippen LogP contribution in [0, 0.1) is 5.92 Å². The van der Waals surface area contributed by atoms with Crippen molar-refractivity contribution >= 4 is 32.8 Å². The lowest BCUT2D eigenvalue weighted by Crippen LogP contribution is -2.37. The summed E-state index contributed by atoms with van der Waals surface area (Å²) in [6, 6.07) is 7.31. The van der Waals surface area contributed by atoms with Crippen LogP contribution in [0.15, 0.2) is 34.9 Å². The molecule has 0 radical (unpaired) electrons. The molecule has 0 unspecified atom stereocenters. The Hall–Kier alpha value is -1.46. The van der Waals surface area contributed by atoms with E-state index in [0.717, 1.165) is 20.9 Å². The molecule has 0 aliphatic carbocycles. The summed E-state index contributed by atoms with van der Waals surface area (Å²) in [5, 5.41) is 13.4. The summed E-state index contributed by atoms with van der Waals surface area (Å²) in [5.41, 5.74) is 1.95. The maximum Gasteiger partial charge on any atom is 0.320 e. The summed E-state index contributed by atoms with van der Waals surface area (Å²) >= 11 is 3.49. The lowest BCUT2D eigenvalue weighted by molar-refractivity contribution is -0.140. The third-order valence-corrected chi connectivity index (χ3v) is 4.00. The predicted molar refractivity (Wildman–Crippen MR) is 87.2 cm³/mol. The molecule has 2 aromatic rings. The minimum atomic E-state index is -0.803.